The van der Waals surface area contributed by atoms with Crippen LogP contribution in [0.5, 0.6) is 5.75 Å². The zero-order chi connectivity index (χ0) is 23.8. The van der Waals surface area contributed by atoms with E-state index in [4.69, 9.17) is 26.6 Å². The Kier molecular flexibility index (Phi) is 8.97. The second-order valence-corrected chi connectivity index (χ2v) is 9.69. The third-order valence-electron chi connectivity index (χ3n) is 5.10. The molecule has 0 aliphatic rings. The highest BCUT2D eigenvalue weighted by atomic mass is 35.5. The van der Waals surface area contributed by atoms with Gasteiger partial charge >= 0.3 is 11.9 Å². The fourth-order valence-corrected chi connectivity index (χ4v) is 5.06. The average molecular weight is 488 g/mol. The lowest BCUT2D eigenvalue weighted by atomic mass is 9.97. The number of hydrogen-bond donors (Lipinski definition) is 2. The summed E-state index contributed by atoms with van der Waals surface area (Å²) in [6, 6.07) is 17.1. The molecule has 0 amide bonds. The van der Waals surface area contributed by atoms with Crippen LogP contribution in [0.3, 0.4) is 0 Å². The topological polar surface area (TPSA) is 96.7 Å². The van der Waals surface area contributed by atoms with E-state index in [1.807, 2.05) is 61.5 Å². The highest BCUT2D eigenvalue weighted by molar-refractivity contribution is 7.99. The van der Waals surface area contributed by atoms with E-state index in [0.29, 0.717) is 22.9 Å². The number of nitrogens with zero attached hydrogens (tertiary/aromatic N) is 1. The minimum Gasteiger partial charge on any atom is -0.487 e. The molecule has 33 heavy (non-hydrogen) atoms. The first kappa shape index (κ1) is 24.9. The molecule has 0 saturated heterocycles. The molecule has 0 aliphatic heterocycles. The lowest BCUT2D eigenvalue weighted by Crippen LogP contribution is -2.09. The number of carboxylic acid groups (broad SMARTS) is 2. The van der Waals surface area contributed by atoms with Crippen molar-refractivity contribution in [2.24, 2.45) is 5.92 Å². The largest absolute Gasteiger partial charge is 0.487 e. The van der Waals surface area contributed by atoms with Gasteiger partial charge in [0, 0.05) is 27.8 Å². The average Bonchev–Trinajstić information content (AvgIpc) is 2.76. The molecule has 1 heterocycles. The number of benzene rings is 2. The molecule has 0 aliphatic carbocycles. The van der Waals surface area contributed by atoms with Crippen LogP contribution in [0.4, 0.5) is 0 Å². The molecule has 3 aromatic rings. The quantitative estimate of drug-likeness (QED) is 0.313. The van der Waals surface area contributed by atoms with E-state index in [0.717, 1.165) is 22.2 Å². The van der Waals surface area contributed by atoms with Crippen molar-refractivity contribution >= 4 is 46.2 Å². The number of rotatable bonds is 12. The molecule has 0 saturated carbocycles. The van der Waals surface area contributed by atoms with Gasteiger partial charge in [0.05, 0.1) is 17.6 Å². The zero-order valence-electron chi connectivity index (χ0n) is 18.2. The summed E-state index contributed by atoms with van der Waals surface area (Å²) in [5.74, 6) is -0.591. The summed E-state index contributed by atoms with van der Waals surface area (Å²) in [5.41, 5.74) is 2.57. The normalized spacial score (nSPS) is 12.9. The van der Waals surface area contributed by atoms with Crippen LogP contribution < -0.4 is 4.74 Å². The summed E-state index contributed by atoms with van der Waals surface area (Å²) in [6.45, 7) is 2.19. The first-order valence-electron chi connectivity index (χ1n) is 10.6. The number of aromatic nitrogens is 1. The van der Waals surface area contributed by atoms with E-state index < -0.39 is 11.9 Å². The van der Waals surface area contributed by atoms with E-state index in [2.05, 4.69) is 4.98 Å². The molecule has 2 N–H and O–H groups in total. The van der Waals surface area contributed by atoms with Gasteiger partial charge in [0.1, 0.15) is 12.4 Å². The van der Waals surface area contributed by atoms with Crippen molar-refractivity contribution in [3.8, 4) is 5.75 Å². The molecule has 0 bridgehead atoms. The Hall–Kier alpha value is -2.77. The van der Waals surface area contributed by atoms with Gasteiger partial charge in [-0.25, -0.2) is 4.98 Å². The molecule has 2 aromatic carbocycles. The number of halogens is 1. The summed E-state index contributed by atoms with van der Waals surface area (Å²) in [7, 11) is 0. The Balaban J connectivity index is 1.71. The summed E-state index contributed by atoms with van der Waals surface area (Å²) in [6.07, 6.45) is 0.763. The summed E-state index contributed by atoms with van der Waals surface area (Å²) in [5, 5.41) is 19.7. The van der Waals surface area contributed by atoms with Gasteiger partial charge in [0.15, 0.2) is 0 Å². The highest BCUT2D eigenvalue weighted by Gasteiger charge is 2.19. The van der Waals surface area contributed by atoms with Crippen molar-refractivity contribution in [1.82, 2.24) is 4.98 Å². The third kappa shape index (κ3) is 7.94. The Morgan fingerprint density at radius 1 is 1.09 bits per heavy atom. The van der Waals surface area contributed by atoms with E-state index >= 15 is 0 Å². The Morgan fingerprint density at radius 3 is 2.64 bits per heavy atom. The number of pyridine rings is 1. The van der Waals surface area contributed by atoms with Gasteiger partial charge in [-0.15, -0.1) is 0 Å². The molecule has 174 valence electrons. The predicted molar refractivity (Wildman–Crippen MR) is 131 cm³/mol. The maximum absolute atomic E-state index is 11.1. The van der Waals surface area contributed by atoms with E-state index in [9.17, 15) is 9.59 Å². The third-order valence-corrected chi connectivity index (χ3v) is 6.64. The molecular formula is C25H26ClNO5S. The number of hydrogen-bond acceptors (Lipinski definition) is 5. The van der Waals surface area contributed by atoms with Crippen LogP contribution in [0, 0.1) is 5.92 Å². The molecule has 0 spiro atoms. The summed E-state index contributed by atoms with van der Waals surface area (Å²) < 4.78 is 5.98. The minimum atomic E-state index is -0.846. The maximum atomic E-state index is 11.1. The first-order chi connectivity index (χ1) is 15.8. The molecule has 6 nitrogen and oxygen atoms in total. The van der Waals surface area contributed by atoms with Crippen molar-refractivity contribution < 1.29 is 24.5 Å². The van der Waals surface area contributed by atoms with Crippen LogP contribution in [0.2, 0.25) is 5.02 Å². The van der Waals surface area contributed by atoms with Gasteiger partial charge in [-0.3, -0.25) is 9.59 Å². The second-order valence-electron chi connectivity index (χ2n) is 7.94. The molecular weight excluding hydrogens is 462 g/mol. The Labute approximate surface area is 201 Å². The van der Waals surface area contributed by atoms with Crippen molar-refractivity contribution in [3.05, 3.63) is 70.9 Å². The van der Waals surface area contributed by atoms with Crippen LogP contribution in [-0.2, 0) is 16.2 Å². The Morgan fingerprint density at radius 2 is 1.88 bits per heavy atom. The standard InChI is InChI=1S/C25H26ClNO5S/c1-16(12-25(30)31)11-23(33-10-9-24(28)29)18-3-2-4-21(13-18)32-15-20-8-6-17-5-7-19(26)14-22(17)27-20/h2-8,13-14,16,23H,9-12,15H2,1H3,(H,28,29)(H,30,31). The van der Waals surface area contributed by atoms with Crippen molar-refractivity contribution in [2.75, 3.05) is 5.75 Å². The molecule has 0 radical (unpaired) electrons. The SMILES string of the molecule is CC(CC(=O)O)CC(SCCC(=O)O)c1cccc(OCc2ccc3ccc(Cl)cc3n2)c1. The lowest BCUT2D eigenvalue weighted by Gasteiger charge is -2.21. The van der Waals surface area contributed by atoms with Crippen molar-refractivity contribution in [2.45, 2.75) is 38.0 Å². The van der Waals surface area contributed by atoms with E-state index in [-0.39, 0.29) is 30.6 Å². The van der Waals surface area contributed by atoms with Crippen LogP contribution in [-0.4, -0.2) is 32.9 Å². The van der Waals surface area contributed by atoms with Gasteiger partial charge in [0.2, 0.25) is 0 Å². The van der Waals surface area contributed by atoms with Gasteiger partial charge in [-0.05, 0) is 48.2 Å². The summed E-state index contributed by atoms with van der Waals surface area (Å²) >= 11 is 7.60. The number of fused-ring (bicyclic) bond motifs is 1. The first-order valence-corrected chi connectivity index (χ1v) is 12.1. The highest BCUT2D eigenvalue weighted by Crippen LogP contribution is 2.37. The van der Waals surface area contributed by atoms with Gasteiger partial charge in [-0.1, -0.05) is 42.8 Å². The number of aliphatic carboxylic acids is 2. The van der Waals surface area contributed by atoms with Crippen LogP contribution in [0.1, 0.15) is 42.7 Å². The van der Waals surface area contributed by atoms with E-state index in [1.54, 1.807) is 0 Å². The van der Waals surface area contributed by atoms with Crippen molar-refractivity contribution in [3.63, 3.8) is 0 Å². The molecule has 1 aromatic heterocycles. The molecule has 0 fully saturated rings. The lowest BCUT2D eigenvalue weighted by molar-refractivity contribution is -0.138. The van der Waals surface area contributed by atoms with Crippen LogP contribution in [0.25, 0.3) is 10.9 Å². The zero-order valence-corrected chi connectivity index (χ0v) is 19.8. The molecule has 2 unspecified atom stereocenters. The number of carbonyl (C=O) groups is 2. The van der Waals surface area contributed by atoms with Gasteiger partial charge in [0.25, 0.3) is 0 Å². The second kappa shape index (κ2) is 11.9. The fraction of sp³-hybridized carbons (Fsp3) is 0.320. The monoisotopic (exact) mass is 487 g/mol. The summed E-state index contributed by atoms with van der Waals surface area (Å²) in [4.78, 5) is 26.6. The smallest absolute Gasteiger partial charge is 0.304 e. The van der Waals surface area contributed by atoms with Gasteiger partial charge < -0.3 is 14.9 Å². The maximum Gasteiger partial charge on any atom is 0.304 e. The van der Waals surface area contributed by atoms with E-state index in [1.165, 1.54) is 11.8 Å². The fourth-order valence-electron chi connectivity index (χ4n) is 3.51. The Bertz CT molecular complexity index is 1120. The van der Waals surface area contributed by atoms with Crippen molar-refractivity contribution in [1.29, 1.82) is 0 Å². The molecule has 8 heteroatoms. The molecule has 2 atom stereocenters. The number of ether oxygens (including phenoxy) is 1. The minimum absolute atomic E-state index is 0.0248. The van der Waals surface area contributed by atoms with Crippen LogP contribution >= 0.6 is 23.4 Å². The number of carboxylic acids is 2. The number of thioether (sulfide) groups is 1. The van der Waals surface area contributed by atoms with Gasteiger partial charge in [-0.2, -0.15) is 11.8 Å². The molecule has 3 rings (SSSR count). The van der Waals surface area contributed by atoms with Crippen LogP contribution in [0.15, 0.2) is 54.6 Å². The predicted octanol–water partition coefficient (Wildman–Crippen LogP) is 6.22.